The third-order valence-electron chi connectivity index (χ3n) is 2.69. The minimum atomic E-state index is -0.0935. The first-order valence-electron chi connectivity index (χ1n) is 5.69. The molecule has 5 heteroatoms. The maximum absolute atomic E-state index is 11.9. The van der Waals surface area contributed by atoms with Crippen molar-refractivity contribution in [3.8, 4) is 0 Å². The maximum Gasteiger partial charge on any atom is 0.228 e. The second-order valence-electron chi connectivity index (χ2n) is 4.23. The van der Waals surface area contributed by atoms with Crippen LogP contribution in [0.5, 0.6) is 0 Å². The number of aryl methyl sites for hydroxylation is 2. The fourth-order valence-corrected chi connectivity index (χ4v) is 1.78. The molecule has 0 spiro atoms. The van der Waals surface area contributed by atoms with Crippen LogP contribution in [0.25, 0.3) is 0 Å². The zero-order valence-corrected chi connectivity index (χ0v) is 10.5. The highest BCUT2D eigenvalue weighted by atomic mass is 16.1. The molecule has 0 unspecified atom stereocenters. The second kappa shape index (κ2) is 4.91. The van der Waals surface area contributed by atoms with Crippen LogP contribution < -0.4 is 11.1 Å². The molecule has 5 nitrogen and oxygen atoms in total. The molecule has 0 saturated carbocycles. The van der Waals surface area contributed by atoms with Gasteiger partial charge >= 0.3 is 0 Å². The van der Waals surface area contributed by atoms with E-state index in [9.17, 15) is 4.79 Å². The molecule has 2 aromatic rings. The average molecular weight is 244 g/mol. The molecule has 0 atom stereocenters. The third kappa shape index (κ3) is 2.68. The Morgan fingerprint density at radius 1 is 1.44 bits per heavy atom. The molecule has 18 heavy (non-hydrogen) atoms. The smallest absolute Gasteiger partial charge is 0.228 e. The summed E-state index contributed by atoms with van der Waals surface area (Å²) in [6.45, 7) is 1.85. The number of hydrogen-bond donors (Lipinski definition) is 2. The molecular weight excluding hydrogens is 228 g/mol. The summed E-state index contributed by atoms with van der Waals surface area (Å²) >= 11 is 0. The minimum absolute atomic E-state index is 0.0935. The number of nitrogens with zero attached hydrogens (tertiary/aromatic N) is 2. The number of nitrogens with two attached hydrogens (primary N) is 1. The van der Waals surface area contributed by atoms with Crippen LogP contribution in [0.15, 0.2) is 30.5 Å². The first kappa shape index (κ1) is 12.2. The number of rotatable bonds is 3. The zero-order chi connectivity index (χ0) is 13.1. The quantitative estimate of drug-likeness (QED) is 0.803. The maximum atomic E-state index is 11.9. The van der Waals surface area contributed by atoms with Gasteiger partial charge < -0.3 is 11.1 Å². The number of nitrogens with one attached hydrogen (secondary N) is 1. The fourth-order valence-electron chi connectivity index (χ4n) is 1.78. The summed E-state index contributed by atoms with van der Waals surface area (Å²) in [4.78, 5) is 11.9. The van der Waals surface area contributed by atoms with Gasteiger partial charge in [0.25, 0.3) is 0 Å². The molecule has 0 radical (unpaired) electrons. The Hall–Kier alpha value is -2.30. The summed E-state index contributed by atoms with van der Waals surface area (Å²) in [6.07, 6.45) is 2.04. The van der Waals surface area contributed by atoms with Crippen molar-refractivity contribution in [2.24, 2.45) is 7.05 Å². The van der Waals surface area contributed by atoms with Crippen LogP contribution in [0.4, 0.5) is 11.4 Å². The Kier molecular flexibility index (Phi) is 3.32. The summed E-state index contributed by atoms with van der Waals surface area (Å²) in [5, 5.41) is 6.99. The van der Waals surface area contributed by atoms with Crippen molar-refractivity contribution < 1.29 is 4.79 Å². The molecule has 1 amide bonds. The van der Waals surface area contributed by atoms with Crippen LogP contribution in [0.1, 0.15) is 11.3 Å². The summed E-state index contributed by atoms with van der Waals surface area (Å²) in [7, 11) is 1.82. The third-order valence-corrected chi connectivity index (χ3v) is 2.69. The monoisotopic (exact) mass is 244 g/mol. The SMILES string of the molecule is Cc1nn(C)cc1NC(=O)Cc1ccccc1N. The number of amides is 1. The normalized spacial score (nSPS) is 10.3. The second-order valence-corrected chi connectivity index (χ2v) is 4.23. The summed E-state index contributed by atoms with van der Waals surface area (Å²) in [6, 6.07) is 7.36. The molecule has 0 fully saturated rings. The van der Waals surface area contributed by atoms with Gasteiger partial charge in [0.05, 0.1) is 17.8 Å². The molecule has 0 bridgehead atoms. The van der Waals surface area contributed by atoms with Crippen molar-refractivity contribution in [2.45, 2.75) is 13.3 Å². The van der Waals surface area contributed by atoms with Gasteiger partial charge in [0.2, 0.25) is 5.91 Å². The molecule has 3 N–H and O–H groups in total. The van der Waals surface area contributed by atoms with Crippen LogP contribution in [-0.2, 0) is 18.3 Å². The fraction of sp³-hybridized carbons (Fsp3) is 0.231. The molecule has 0 aliphatic heterocycles. The van der Waals surface area contributed by atoms with Crippen molar-refractivity contribution >= 4 is 17.3 Å². The Bertz CT molecular complexity index is 574. The topological polar surface area (TPSA) is 72.9 Å². The number of carbonyl (C=O) groups is 1. The van der Waals surface area contributed by atoms with E-state index in [1.165, 1.54) is 0 Å². The lowest BCUT2D eigenvalue weighted by atomic mass is 10.1. The van der Waals surface area contributed by atoms with Gasteiger partial charge in [0.1, 0.15) is 0 Å². The van der Waals surface area contributed by atoms with Crippen LogP contribution in [0.3, 0.4) is 0 Å². The van der Waals surface area contributed by atoms with E-state index in [1.54, 1.807) is 16.9 Å². The molecule has 0 aliphatic rings. The predicted octanol–water partition coefficient (Wildman–Crippen LogP) is 1.49. The van der Waals surface area contributed by atoms with Gasteiger partial charge in [-0.2, -0.15) is 5.10 Å². The highest BCUT2D eigenvalue weighted by Gasteiger charge is 2.09. The number of benzene rings is 1. The van der Waals surface area contributed by atoms with E-state index >= 15 is 0 Å². The Labute approximate surface area is 106 Å². The molecule has 0 saturated heterocycles. The van der Waals surface area contributed by atoms with Gasteiger partial charge in [-0.3, -0.25) is 9.48 Å². The zero-order valence-electron chi connectivity index (χ0n) is 10.5. The number of anilines is 2. The number of aromatic nitrogens is 2. The van der Waals surface area contributed by atoms with E-state index in [4.69, 9.17) is 5.73 Å². The van der Waals surface area contributed by atoms with Crippen LogP contribution >= 0.6 is 0 Å². The molecule has 94 valence electrons. The van der Waals surface area contributed by atoms with Crippen molar-refractivity contribution in [1.29, 1.82) is 0 Å². The van der Waals surface area contributed by atoms with Crippen molar-refractivity contribution in [3.05, 3.63) is 41.7 Å². The largest absolute Gasteiger partial charge is 0.398 e. The van der Waals surface area contributed by atoms with Crippen LogP contribution in [0.2, 0.25) is 0 Å². The standard InChI is InChI=1S/C13H16N4O/c1-9-12(8-17(2)16-9)15-13(18)7-10-5-3-4-6-11(10)14/h3-6,8H,7,14H2,1-2H3,(H,15,18). The van der Waals surface area contributed by atoms with Crippen molar-refractivity contribution in [1.82, 2.24) is 9.78 Å². The molecular formula is C13H16N4O. The summed E-state index contributed by atoms with van der Waals surface area (Å²) < 4.78 is 1.67. The van der Waals surface area contributed by atoms with E-state index < -0.39 is 0 Å². The Morgan fingerprint density at radius 3 is 2.78 bits per heavy atom. The number of para-hydroxylation sites is 1. The van der Waals surface area contributed by atoms with Crippen LogP contribution in [-0.4, -0.2) is 15.7 Å². The van der Waals surface area contributed by atoms with E-state index in [0.717, 1.165) is 16.9 Å². The van der Waals surface area contributed by atoms with Gasteiger partial charge in [0, 0.05) is 18.9 Å². The molecule has 1 heterocycles. The molecule has 0 aliphatic carbocycles. The predicted molar refractivity (Wildman–Crippen MR) is 71.1 cm³/mol. The minimum Gasteiger partial charge on any atom is -0.398 e. The van der Waals surface area contributed by atoms with Gasteiger partial charge in [-0.05, 0) is 18.6 Å². The van der Waals surface area contributed by atoms with Gasteiger partial charge in [0.15, 0.2) is 0 Å². The lowest BCUT2D eigenvalue weighted by molar-refractivity contribution is -0.115. The first-order chi connectivity index (χ1) is 8.56. The van der Waals surface area contributed by atoms with Crippen LogP contribution in [0, 0.1) is 6.92 Å². The highest BCUT2D eigenvalue weighted by molar-refractivity contribution is 5.93. The lowest BCUT2D eigenvalue weighted by Crippen LogP contribution is -2.15. The van der Waals surface area contributed by atoms with Gasteiger partial charge in [-0.25, -0.2) is 0 Å². The summed E-state index contributed by atoms with van der Waals surface area (Å²) in [5.41, 5.74) is 8.80. The first-order valence-corrected chi connectivity index (χ1v) is 5.69. The molecule has 1 aromatic heterocycles. The summed E-state index contributed by atoms with van der Waals surface area (Å²) in [5.74, 6) is -0.0935. The number of carbonyl (C=O) groups excluding carboxylic acids is 1. The van der Waals surface area contributed by atoms with E-state index in [1.807, 2.05) is 32.2 Å². The van der Waals surface area contributed by atoms with Crippen molar-refractivity contribution in [3.63, 3.8) is 0 Å². The lowest BCUT2D eigenvalue weighted by Gasteiger charge is -2.06. The Morgan fingerprint density at radius 2 is 2.17 bits per heavy atom. The Balaban J connectivity index is 2.06. The van der Waals surface area contributed by atoms with E-state index in [2.05, 4.69) is 10.4 Å². The average Bonchev–Trinajstić information content (AvgIpc) is 2.61. The number of hydrogen-bond acceptors (Lipinski definition) is 3. The number of nitrogen functional groups attached to an aromatic ring is 1. The molecule has 1 aromatic carbocycles. The van der Waals surface area contributed by atoms with Gasteiger partial charge in [-0.15, -0.1) is 0 Å². The van der Waals surface area contributed by atoms with Gasteiger partial charge in [-0.1, -0.05) is 18.2 Å². The highest BCUT2D eigenvalue weighted by Crippen LogP contribution is 2.14. The van der Waals surface area contributed by atoms with Crippen molar-refractivity contribution in [2.75, 3.05) is 11.1 Å². The molecule has 2 rings (SSSR count). The van der Waals surface area contributed by atoms with E-state index in [-0.39, 0.29) is 12.3 Å². The van der Waals surface area contributed by atoms with E-state index in [0.29, 0.717) is 5.69 Å².